The molecule has 2 aromatic heterocycles. The molecule has 150 valence electrons. The fourth-order valence-electron chi connectivity index (χ4n) is 3.94. The van der Waals surface area contributed by atoms with E-state index < -0.39 is 0 Å². The van der Waals surface area contributed by atoms with Gasteiger partial charge in [0.15, 0.2) is 11.5 Å². The van der Waals surface area contributed by atoms with Gasteiger partial charge in [0.05, 0.1) is 24.9 Å². The lowest BCUT2D eigenvalue weighted by Gasteiger charge is -2.34. The normalized spacial score (nSPS) is 17.8. The van der Waals surface area contributed by atoms with Crippen LogP contribution in [-0.4, -0.2) is 59.0 Å². The summed E-state index contributed by atoms with van der Waals surface area (Å²) in [4.78, 5) is 11.7. The number of pyridine rings is 1. The van der Waals surface area contributed by atoms with Crippen LogP contribution in [0.4, 0.5) is 0 Å². The van der Waals surface area contributed by atoms with Crippen LogP contribution < -0.4 is 9.47 Å². The van der Waals surface area contributed by atoms with Gasteiger partial charge in [-0.25, -0.2) is 4.98 Å². The molecule has 1 atom stereocenters. The number of nitrogens with zero attached hydrogens (tertiary/aromatic N) is 4. The van der Waals surface area contributed by atoms with Gasteiger partial charge in [-0.3, -0.25) is 9.88 Å². The molecule has 4 heterocycles. The zero-order chi connectivity index (χ0) is 19.5. The smallest absolute Gasteiger partial charge is 0.162 e. The van der Waals surface area contributed by atoms with Gasteiger partial charge in [0.25, 0.3) is 0 Å². The van der Waals surface area contributed by atoms with Crippen molar-refractivity contribution in [2.45, 2.75) is 12.6 Å². The molecular weight excluding hydrogens is 368 g/mol. The molecule has 0 bridgehead atoms. The average molecular weight is 392 g/mol. The van der Waals surface area contributed by atoms with Gasteiger partial charge >= 0.3 is 0 Å². The van der Waals surface area contributed by atoms with Crippen LogP contribution in [-0.2, 0) is 11.3 Å². The lowest BCUT2D eigenvalue weighted by Crippen LogP contribution is -2.41. The molecule has 2 aliphatic rings. The molecule has 29 heavy (non-hydrogen) atoms. The zero-order valence-electron chi connectivity index (χ0n) is 16.2. The molecule has 3 aromatic rings. The number of ether oxygens (including phenoxy) is 3. The Morgan fingerprint density at radius 2 is 1.76 bits per heavy atom. The Balaban J connectivity index is 1.45. The Morgan fingerprint density at radius 1 is 0.897 bits per heavy atom. The van der Waals surface area contributed by atoms with E-state index in [0.717, 1.165) is 61.4 Å². The lowest BCUT2D eigenvalue weighted by atomic mass is 10.1. The molecule has 0 N–H and O–H groups in total. The zero-order valence-corrected chi connectivity index (χ0v) is 16.2. The van der Waals surface area contributed by atoms with Crippen molar-refractivity contribution in [1.29, 1.82) is 0 Å². The second-order valence-electron chi connectivity index (χ2n) is 7.18. The maximum Gasteiger partial charge on any atom is 0.162 e. The minimum Gasteiger partial charge on any atom is -0.486 e. The molecule has 0 spiro atoms. The summed E-state index contributed by atoms with van der Waals surface area (Å²) < 4.78 is 19.2. The first-order chi connectivity index (χ1) is 14.4. The standard InChI is InChI=1S/C22H24N4O3/c1-2-6-23-18(3-1)19(25-9-11-27-12-10-25)16-26-8-7-24-22(26)17-4-5-20-21(15-17)29-14-13-28-20/h1-8,15,19H,9-14,16H2. The number of benzene rings is 1. The molecule has 1 fully saturated rings. The quantitative estimate of drug-likeness (QED) is 0.665. The SMILES string of the molecule is c1ccc(C(Cn2ccnc2-c2ccc3c(c2)OCCO3)N2CCOCC2)nc1. The van der Waals surface area contributed by atoms with Crippen LogP contribution in [0, 0.1) is 0 Å². The summed E-state index contributed by atoms with van der Waals surface area (Å²) in [5, 5.41) is 0. The molecule has 2 aliphatic heterocycles. The molecule has 0 radical (unpaired) electrons. The van der Waals surface area contributed by atoms with Crippen molar-refractivity contribution in [3.8, 4) is 22.9 Å². The summed E-state index contributed by atoms with van der Waals surface area (Å²) in [6.07, 6.45) is 5.74. The van der Waals surface area contributed by atoms with Gasteiger partial charge in [-0.05, 0) is 30.3 Å². The first-order valence-electron chi connectivity index (χ1n) is 10.0. The number of morpholine rings is 1. The highest BCUT2D eigenvalue weighted by Crippen LogP contribution is 2.34. The Morgan fingerprint density at radius 3 is 2.59 bits per heavy atom. The lowest BCUT2D eigenvalue weighted by molar-refractivity contribution is 0.0115. The van der Waals surface area contributed by atoms with Crippen molar-refractivity contribution in [2.24, 2.45) is 0 Å². The Hall–Kier alpha value is -2.90. The van der Waals surface area contributed by atoms with Gasteiger partial charge in [0, 0.05) is 43.8 Å². The molecule has 7 nitrogen and oxygen atoms in total. The molecule has 1 saturated heterocycles. The van der Waals surface area contributed by atoms with Crippen LogP contribution in [0.15, 0.2) is 55.0 Å². The Kier molecular flexibility index (Phi) is 5.15. The van der Waals surface area contributed by atoms with E-state index in [1.54, 1.807) is 0 Å². The molecule has 0 saturated carbocycles. The van der Waals surface area contributed by atoms with Crippen molar-refractivity contribution < 1.29 is 14.2 Å². The van der Waals surface area contributed by atoms with Crippen molar-refractivity contribution >= 4 is 0 Å². The van der Waals surface area contributed by atoms with E-state index in [1.165, 1.54) is 0 Å². The van der Waals surface area contributed by atoms with Crippen LogP contribution in [0.2, 0.25) is 0 Å². The predicted molar refractivity (Wildman–Crippen MR) is 108 cm³/mol. The van der Waals surface area contributed by atoms with Gasteiger partial charge in [-0.2, -0.15) is 0 Å². The van der Waals surface area contributed by atoms with Crippen molar-refractivity contribution in [3.05, 3.63) is 60.7 Å². The minimum absolute atomic E-state index is 0.158. The second kappa shape index (κ2) is 8.23. The summed E-state index contributed by atoms with van der Waals surface area (Å²) >= 11 is 0. The fraction of sp³-hybridized carbons (Fsp3) is 0.364. The fourth-order valence-corrected chi connectivity index (χ4v) is 3.94. The van der Waals surface area contributed by atoms with Crippen LogP contribution in [0.3, 0.4) is 0 Å². The van der Waals surface area contributed by atoms with E-state index in [0.29, 0.717) is 13.2 Å². The van der Waals surface area contributed by atoms with Crippen molar-refractivity contribution in [1.82, 2.24) is 19.4 Å². The van der Waals surface area contributed by atoms with Crippen molar-refractivity contribution in [3.63, 3.8) is 0 Å². The monoisotopic (exact) mass is 392 g/mol. The van der Waals surface area contributed by atoms with Crippen LogP contribution in [0.25, 0.3) is 11.4 Å². The topological polar surface area (TPSA) is 61.6 Å². The summed E-state index contributed by atoms with van der Waals surface area (Å²) in [5.74, 6) is 2.48. The largest absolute Gasteiger partial charge is 0.486 e. The third kappa shape index (κ3) is 3.83. The maximum absolute atomic E-state index is 5.75. The summed E-state index contributed by atoms with van der Waals surface area (Å²) in [6.45, 7) is 5.23. The maximum atomic E-state index is 5.75. The Bertz CT molecular complexity index is 954. The molecule has 1 unspecified atom stereocenters. The molecular formula is C22H24N4O3. The number of hydrogen-bond acceptors (Lipinski definition) is 6. The number of hydrogen-bond donors (Lipinski definition) is 0. The number of imidazole rings is 1. The third-order valence-electron chi connectivity index (χ3n) is 5.40. The third-order valence-corrected chi connectivity index (χ3v) is 5.40. The van der Waals surface area contributed by atoms with Crippen molar-refractivity contribution in [2.75, 3.05) is 39.5 Å². The predicted octanol–water partition coefficient (Wildman–Crippen LogP) is 2.79. The number of aromatic nitrogens is 3. The molecule has 0 amide bonds. The first-order valence-corrected chi connectivity index (χ1v) is 10.0. The van der Waals surface area contributed by atoms with E-state index in [4.69, 9.17) is 14.2 Å². The van der Waals surface area contributed by atoms with Gasteiger partial charge < -0.3 is 18.8 Å². The van der Waals surface area contributed by atoms with Gasteiger partial charge in [0.2, 0.25) is 0 Å². The van der Waals surface area contributed by atoms with Gasteiger partial charge in [-0.1, -0.05) is 6.07 Å². The number of rotatable bonds is 5. The summed E-state index contributed by atoms with van der Waals surface area (Å²) in [7, 11) is 0. The van der Waals surface area contributed by atoms with E-state index in [1.807, 2.05) is 48.9 Å². The van der Waals surface area contributed by atoms with E-state index >= 15 is 0 Å². The molecule has 1 aromatic carbocycles. The number of fused-ring (bicyclic) bond motifs is 1. The van der Waals surface area contributed by atoms with E-state index in [-0.39, 0.29) is 6.04 Å². The molecule has 0 aliphatic carbocycles. The Labute approximate surface area is 169 Å². The van der Waals surface area contributed by atoms with Gasteiger partial charge in [0.1, 0.15) is 19.0 Å². The second-order valence-corrected chi connectivity index (χ2v) is 7.18. The van der Waals surface area contributed by atoms with E-state index in [9.17, 15) is 0 Å². The van der Waals surface area contributed by atoms with Gasteiger partial charge in [-0.15, -0.1) is 0 Å². The highest BCUT2D eigenvalue weighted by atomic mass is 16.6. The molecule has 5 rings (SSSR count). The first kappa shape index (κ1) is 18.1. The highest BCUT2D eigenvalue weighted by molar-refractivity contribution is 5.61. The average Bonchev–Trinajstić information content (AvgIpc) is 3.26. The minimum atomic E-state index is 0.158. The summed E-state index contributed by atoms with van der Waals surface area (Å²) in [6, 6.07) is 12.3. The highest BCUT2D eigenvalue weighted by Gasteiger charge is 2.25. The van der Waals surface area contributed by atoms with Crippen LogP contribution in [0.5, 0.6) is 11.5 Å². The molecule has 7 heteroatoms. The van der Waals surface area contributed by atoms with Crippen LogP contribution >= 0.6 is 0 Å². The summed E-state index contributed by atoms with van der Waals surface area (Å²) in [5.41, 5.74) is 2.08. The van der Waals surface area contributed by atoms with E-state index in [2.05, 4.69) is 25.5 Å². The van der Waals surface area contributed by atoms with Crippen LogP contribution in [0.1, 0.15) is 11.7 Å².